The summed E-state index contributed by atoms with van der Waals surface area (Å²) < 4.78 is 17.6. The number of nitrogens with zero attached hydrogens (tertiary/aromatic N) is 2. The highest BCUT2D eigenvalue weighted by Gasteiger charge is 2.06. The van der Waals surface area contributed by atoms with Gasteiger partial charge in [-0.1, -0.05) is 16.8 Å². The first kappa shape index (κ1) is 11.7. The second kappa shape index (κ2) is 5.01. The Balaban J connectivity index is 1.97. The second-order valence-corrected chi connectivity index (χ2v) is 3.78. The quantitative estimate of drug-likeness (QED) is 0.819. The zero-order valence-corrected chi connectivity index (χ0v) is 9.54. The van der Waals surface area contributed by atoms with Gasteiger partial charge in [0.15, 0.2) is 5.82 Å². The van der Waals surface area contributed by atoms with E-state index in [1.807, 2.05) is 0 Å². The molecule has 0 atom stereocenters. The van der Waals surface area contributed by atoms with Crippen molar-refractivity contribution in [3.63, 3.8) is 0 Å². The molecule has 7 heteroatoms. The Morgan fingerprint density at radius 2 is 2.29 bits per heavy atom. The topological polar surface area (TPSA) is 77.0 Å². The predicted octanol–water partition coefficient (Wildman–Crippen LogP) is 2.10. The largest absolute Gasteiger partial charge is 0.397 e. The first-order chi connectivity index (χ1) is 8.16. The molecule has 5 nitrogen and oxygen atoms in total. The van der Waals surface area contributed by atoms with Crippen molar-refractivity contribution in [1.29, 1.82) is 0 Å². The van der Waals surface area contributed by atoms with Gasteiger partial charge >= 0.3 is 0 Å². The fourth-order valence-corrected chi connectivity index (χ4v) is 1.49. The van der Waals surface area contributed by atoms with Crippen LogP contribution >= 0.6 is 11.6 Å². The summed E-state index contributed by atoms with van der Waals surface area (Å²) in [4.78, 5) is 3.87. The van der Waals surface area contributed by atoms with E-state index in [0.717, 1.165) is 0 Å². The Kier molecular flexibility index (Phi) is 3.43. The molecule has 0 spiro atoms. The number of hydrogen-bond donors (Lipinski definition) is 2. The summed E-state index contributed by atoms with van der Waals surface area (Å²) in [6.07, 6.45) is 1.84. The lowest BCUT2D eigenvalue weighted by molar-refractivity contribution is 0.410. The van der Waals surface area contributed by atoms with Crippen LogP contribution in [0.3, 0.4) is 0 Å². The number of nitrogen functional groups attached to an aromatic ring is 1. The highest BCUT2D eigenvalue weighted by molar-refractivity contribution is 6.31. The van der Waals surface area contributed by atoms with Crippen LogP contribution in [0.15, 0.2) is 23.0 Å². The van der Waals surface area contributed by atoms with Crippen LogP contribution in [0.1, 0.15) is 5.82 Å². The summed E-state index contributed by atoms with van der Waals surface area (Å²) in [6, 6.07) is 2.63. The molecular weight excluding hydrogens is 247 g/mol. The van der Waals surface area contributed by atoms with Gasteiger partial charge in [-0.2, -0.15) is 4.98 Å². The highest BCUT2D eigenvalue weighted by atomic mass is 35.5. The summed E-state index contributed by atoms with van der Waals surface area (Å²) in [6.45, 7) is 0.547. The van der Waals surface area contributed by atoms with Gasteiger partial charge in [-0.3, -0.25) is 0 Å². The molecule has 0 saturated carbocycles. The van der Waals surface area contributed by atoms with Crippen molar-refractivity contribution in [1.82, 2.24) is 10.1 Å². The van der Waals surface area contributed by atoms with Crippen molar-refractivity contribution < 1.29 is 8.91 Å². The first-order valence-corrected chi connectivity index (χ1v) is 5.28. The summed E-state index contributed by atoms with van der Waals surface area (Å²) in [5.74, 6) is 0.0529. The lowest BCUT2D eigenvalue weighted by atomic mass is 10.2. The van der Waals surface area contributed by atoms with Crippen LogP contribution in [0.2, 0.25) is 5.02 Å². The molecule has 0 bridgehead atoms. The molecule has 0 unspecified atom stereocenters. The molecule has 3 N–H and O–H groups in total. The lowest BCUT2D eigenvalue weighted by Crippen LogP contribution is -2.08. The molecule has 0 aliphatic carbocycles. The number of rotatable bonds is 4. The van der Waals surface area contributed by atoms with Crippen molar-refractivity contribution in [2.45, 2.75) is 6.42 Å². The van der Waals surface area contributed by atoms with E-state index in [9.17, 15) is 4.39 Å². The minimum Gasteiger partial charge on any atom is -0.397 e. The molecule has 1 aromatic carbocycles. The monoisotopic (exact) mass is 256 g/mol. The standard InChI is InChI=1S/C10H10ClFN4O/c11-6-3-9(8(13)4-7(6)12)14-2-1-10-15-5-17-16-10/h3-5,14H,1-2,13H2. The van der Waals surface area contributed by atoms with Crippen LogP contribution in [0.4, 0.5) is 15.8 Å². The van der Waals surface area contributed by atoms with E-state index < -0.39 is 5.82 Å². The molecular formula is C10H10ClFN4O. The lowest BCUT2D eigenvalue weighted by Gasteiger charge is -2.09. The molecule has 0 saturated heterocycles. The van der Waals surface area contributed by atoms with Gasteiger partial charge in [0, 0.05) is 19.0 Å². The van der Waals surface area contributed by atoms with Crippen molar-refractivity contribution in [3.05, 3.63) is 35.2 Å². The molecule has 17 heavy (non-hydrogen) atoms. The molecule has 1 aromatic heterocycles. The summed E-state index contributed by atoms with van der Waals surface area (Å²) in [5.41, 5.74) is 6.53. The third-order valence-corrected chi connectivity index (χ3v) is 2.45. The maximum Gasteiger partial charge on any atom is 0.213 e. The Hall–Kier alpha value is -1.82. The molecule has 0 aliphatic rings. The fraction of sp³-hybridized carbons (Fsp3) is 0.200. The van der Waals surface area contributed by atoms with Crippen molar-refractivity contribution in [2.24, 2.45) is 0 Å². The molecule has 1 heterocycles. The van der Waals surface area contributed by atoms with Gasteiger partial charge in [0.1, 0.15) is 5.82 Å². The summed E-state index contributed by atoms with van der Waals surface area (Å²) in [5, 5.41) is 6.71. The third kappa shape index (κ3) is 2.85. The summed E-state index contributed by atoms with van der Waals surface area (Å²) in [7, 11) is 0. The zero-order chi connectivity index (χ0) is 12.3. The van der Waals surface area contributed by atoms with Crippen molar-refractivity contribution in [2.75, 3.05) is 17.6 Å². The van der Waals surface area contributed by atoms with E-state index >= 15 is 0 Å². The van der Waals surface area contributed by atoms with Gasteiger partial charge in [-0.05, 0) is 6.07 Å². The average Bonchev–Trinajstić information content (AvgIpc) is 2.78. The van der Waals surface area contributed by atoms with Crippen LogP contribution < -0.4 is 11.1 Å². The number of anilines is 2. The van der Waals surface area contributed by atoms with E-state index in [1.54, 1.807) is 0 Å². The number of nitrogens with one attached hydrogen (secondary N) is 1. The normalized spacial score (nSPS) is 10.5. The molecule has 0 fully saturated rings. The maximum absolute atomic E-state index is 13.0. The first-order valence-electron chi connectivity index (χ1n) is 4.90. The number of hydrogen-bond acceptors (Lipinski definition) is 5. The molecule has 0 radical (unpaired) electrons. The van der Waals surface area contributed by atoms with Gasteiger partial charge in [0.25, 0.3) is 0 Å². The van der Waals surface area contributed by atoms with E-state index in [-0.39, 0.29) is 5.02 Å². The molecule has 90 valence electrons. The average molecular weight is 257 g/mol. The third-order valence-electron chi connectivity index (χ3n) is 2.16. The highest BCUT2D eigenvalue weighted by Crippen LogP contribution is 2.25. The number of benzene rings is 1. The second-order valence-electron chi connectivity index (χ2n) is 3.38. The number of halogens is 2. The van der Waals surface area contributed by atoms with Crippen LogP contribution in [-0.4, -0.2) is 16.7 Å². The van der Waals surface area contributed by atoms with Gasteiger partial charge in [0.05, 0.1) is 16.4 Å². The Morgan fingerprint density at radius 3 is 3.00 bits per heavy atom. The van der Waals surface area contributed by atoms with Crippen LogP contribution in [-0.2, 0) is 6.42 Å². The van der Waals surface area contributed by atoms with Crippen molar-refractivity contribution in [3.8, 4) is 0 Å². The number of aromatic nitrogens is 2. The minimum atomic E-state index is -0.534. The van der Waals surface area contributed by atoms with Crippen LogP contribution in [0.25, 0.3) is 0 Å². The number of nitrogens with two attached hydrogens (primary N) is 1. The maximum atomic E-state index is 13.0. The van der Waals surface area contributed by atoms with Gasteiger partial charge in [0.2, 0.25) is 6.39 Å². The summed E-state index contributed by atoms with van der Waals surface area (Å²) >= 11 is 5.65. The van der Waals surface area contributed by atoms with Gasteiger partial charge in [-0.15, -0.1) is 0 Å². The zero-order valence-electron chi connectivity index (χ0n) is 8.78. The van der Waals surface area contributed by atoms with Crippen LogP contribution in [0.5, 0.6) is 0 Å². The van der Waals surface area contributed by atoms with Crippen molar-refractivity contribution >= 4 is 23.0 Å². The Bertz CT molecular complexity index is 503. The predicted molar refractivity (Wildman–Crippen MR) is 62.3 cm³/mol. The fourth-order valence-electron chi connectivity index (χ4n) is 1.33. The Morgan fingerprint density at radius 1 is 1.47 bits per heavy atom. The van der Waals surface area contributed by atoms with Crippen LogP contribution in [0, 0.1) is 5.82 Å². The van der Waals surface area contributed by atoms with E-state index in [2.05, 4.69) is 20.0 Å². The minimum absolute atomic E-state index is 0.0289. The Labute approximate surface area is 102 Å². The van der Waals surface area contributed by atoms with Gasteiger partial charge in [-0.25, -0.2) is 4.39 Å². The smallest absolute Gasteiger partial charge is 0.213 e. The van der Waals surface area contributed by atoms with E-state index in [4.69, 9.17) is 17.3 Å². The SMILES string of the molecule is Nc1cc(F)c(Cl)cc1NCCc1ncon1. The molecule has 0 amide bonds. The molecule has 0 aliphatic heterocycles. The van der Waals surface area contributed by atoms with Gasteiger partial charge < -0.3 is 15.6 Å². The molecule has 2 rings (SSSR count). The van der Waals surface area contributed by atoms with E-state index in [0.29, 0.717) is 30.2 Å². The van der Waals surface area contributed by atoms with E-state index in [1.165, 1.54) is 18.5 Å². The molecule has 2 aromatic rings.